The lowest BCUT2D eigenvalue weighted by Crippen LogP contribution is -2.07. The molecule has 1 aromatic heterocycles. The number of ether oxygens (including phenoxy) is 4. The molecule has 0 unspecified atom stereocenters. The van der Waals surface area contributed by atoms with Gasteiger partial charge in [0.05, 0.1) is 27.9 Å². The van der Waals surface area contributed by atoms with Crippen LogP contribution in [0, 0.1) is 11.3 Å². The third-order valence-corrected chi connectivity index (χ3v) is 3.91. The quantitative estimate of drug-likeness (QED) is 0.764. The van der Waals surface area contributed by atoms with Crippen molar-refractivity contribution in [2.75, 3.05) is 35.5 Å². The maximum Gasteiger partial charge on any atom is 0.203 e. The molecule has 0 atom stereocenters. The number of aromatic nitrogens is 1. The molecule has 0 aliphatic carbocycles. The fraction of sp³-hybridized carbons (Fsp3) is 0.389. The summed E-state index contributed by atoms with van der Waals surface area (Å²) in [6.07, 6.45) is 0. The normalized spacial score (nSPS) is 10.4. The molecule has 0 saturated carbocycles. The van der Waals surface area contributed by atoms with E-state index in [0.717, 1.165) is 22.4 Å². The third kappa shape index (κ3) is 3.40. The number of H-pyrrole nitrogens is 1. The number of benzene rings is 1. The van der Waals surface area contributed by atoms with Gasteiger partial charge in [-0.05, 0) is 19.2 Å². The lowest BCUT2D eigenvalue weighted by atomic mass is 9.98. The van der Waals surface area contributed by atoms with Gasteiger partial charge in [0.25, 0.3) is 0 Å². The van der Waals surface area contributed by atoms with E-state index in [2.05, 4.69) is 16.4 Å². The summed E-state index contributed by atoms with van der Waals surface area (Å²) in [4.78, 5) is 3.17. The Labute approximate surface area is 147 Å². The van der Waals surface area contributed by atoms with Crippen LogP contribution in [0.1, 0.15) is 17.0 Å². The fourth-order valence-corrected chi connectivity index (χ4v) is 2.91. The zero-order valence-corrected chi connectivity index (χ0v) is 15.1. The van der Waals surface area contributed by atoms with Crippen molar-refractivity contribution < 1.29 is 18.9 Å². The monoisotopic (exact) mass is 345 g/mol. The van der Waals surface area contributed by atoms with Crippen molar-refractivity contribution in [2.45, 2.75) is 13.2 Å². The highest BCUT2D eigenvalue weighted by Crippen LogP contribution is 2.46. The third-order valence-electron chi connectivity index (χ3n) is 3.91. The molecule has 2 aromatic rings. The Morgan fingerprint density at radius 2 is 1.80 bits per heavy atom. The van der Waals surface area contributed by atoms with E-state index < -0.39 is 0 Å². The molecule has 0 aliphatic rings. The number of hydrogen-bond donors (Lipinski definition) is 2. The average Bonchev–Trinajstić information content (AvgIpc) is 2.98. The van der Waals surface area contributed by atoms with Crippen molar-refractivity contribution in [3.8, 4) is 34.4 Å². The molecule has 134 valence electrons. The van der Waals surface area contributed by atoms with Crippen LogP contribution in [0.25, 0.3) is 11.1 Å². The minimum atomic E-state index is 0.302. The van der Waals surface area contributed by atoms with Crippen molar-refractivity contribution in [1.29, 1.82) is 5.26 Å². The first-order chi connectivity index (χ1) is 12.2. The smallest absolute Gasteiger partial charge is 0.203 e. The Morgan fingerprint density at radius 3 is 2.32 bits per heavy atom. The van der Waals surface area contributed by atoms with Crippen LogP contribution in [0.3, 0.4) is 0 Å². The Hall–Kier alpha value is -2.69. The highest BCUT2D eigenvalue weighted by molar-refractivity contribution is 5.81. The summed E-state index contributed by atoms with van der Waals surface area (Å²) in [5.74, 6) is 1.61. The number of nitrogens with zero attached hydrogens (tertiary/aromatic N) is 1. The summed E-state index contributed by atoms with van der Waals surface area (Å²) in [5.41, 5.74) is 3.79. The van der Waals surface area contributed by atoms with Gasteiger partial charge in [-0.2, -0.15) is 5.26 Å². The van der Waals surface area contributed by atoms with E-state index in [1.807, 2.05) is 19.2 Å². The van der Waals surface area contributed by atoms with Crippen LogP contribution in [0.2, 0.25) is 0 Å². The van der Waals surface area contributed by atoms with E-state index in [0.29, 0.717) is 36.1 Å². The van der Waals surface area contributed by atoms with Crippen LogP contribution in [0.15, 0.2) is 12.1 Å². The molecule has 0 amide bonds. The van der Waals surface area contributed by atoms with Crippen molar-refractivity contribution in [1.82, 2.24) is 10.3 Å². The summed E-state index contributed by atoms with van der Waals surface area (Å²) in [6, 6.07) is 5.90. The molecule has 0 radical (unpaired) electrons. The summed E-state index contributed by atoms with van der Waals surface area (Å²) in [6.45, 7) is 0.862. The van der Waals surface area contributed by atoms with E-state index in [1.54, 1.807) is 28.4 Å². The molecule has 0 spiro atoms. The molecule has 1 heterocycles. The molecule has 0 aliphatic heterocycles. The van der Waals surface area contributed by atoms with Crippen molar-refractivity contribution >= 4 is 0 Å². The first-order valence-electron chi connectivity index (χ1n) is 7.73. The minimum Gasteiger partial charge on any atom is -0.493 e. The van der Waals surface area contributed by atoms with E-state index >= 15 is 0 Å². The number of methoxy groups -OCH3 is 4. The summed E-state index contributed by atoms with van der Waals surface area (Å²) < 4.78 is 21.8. The number of nitriles is 1. The Balaban J connectivity index is 2.80. The van der Waals surface area contributed by atoms with Gasteiger partial charge in [0.15, 0.2) is 11.5 Å². The SMILES string of the molecule is CNCc1[nH]c(C#N)c(COC)c1-c1ccc(OC)c(OC)c1OC. The molecule has 2 rings (SSSR count). The Kier molecular flexibility index (Phi) is 6.28. The zero-order chi connectivity index (χ0) is 18.4. The number of hydrogen-bond acceptors (Lipinski definition) is 6. The topological polar surface area (TPSA) is 88.5 Å². The summed E-state index contributed by atoms with van der Waals surface area (Å²) >= 11 is 0. The number of nitrogens with one attached hydrogen (secondary N) is 2. The molecule has 0 fully saturated rings. The second-order valence-electron chi connectivity index (χ2n) is 5.29. The van der Waals surface area contributed by atoms with Gasteiger partial charge in [-0.3, -0.25) is 0 Å². The first-order valence-corrected chi connectivity index (χ1v) is 7.73. The Morgan fingerprint density at radius 1 is 1.08 bits per heavy atom. The second-order valence-corrected chi connectivity index (χ2v) is 5.29. The molecular weight excluding hydrogens is 322 g/mol. The van der Waals surface area contributed by atoms with E-state index in [1.165, 1.54) is 0 Å². The lowest BCUT2D eigenvalue weighted by Gasteiger charge is -2.17. The fourth-order valence-electron chi connectivity index (χ4n) is 2.91. The molecular formula is C18H23N3O4. The van der Waals surface area contributed by atoms with Crippen LogP contribution < -0.4 is 19.5 Å². The van der Waals surface area contributed by atoms with Crippen LogP contribution in [-0.4, -0.2) is 40.5 Å². The van der Waals surface area contributed by atoms with Crippen molar-refractivity contribution in [3.63, 3.8) is 0 Å². The highest BCUT2D eigenvalue weighted by atomic mass is 16.5. The maximum atomic E-state index is 9.47. The predicted molar refractivity (Wildman–Crippen MR) is 94.1 cm³/mol. The van der Waals surface area contributed by atoms with Gasteiger partial charge in [-0.25, -0.2) is 0 Å². The van der Waals surface area contributed by atoms with Crippen LogP contribution >= 0.6 is 0 Å². The second kappa shape index (κ2) is 8.42. The minimum absolute atomic E-state index is 0.302. The zero-order valence-electron chi connectivity index (χ0n) is 15.1. The molecule has 1 aromatic carbocycles. The molecule has 7 heteroatoms. The van der Waals surface area contributed by atoms with E-state index in [-0.39, 0.29) is 0 Å². The predicted octanol–water partition coefficient (Wildman–Crippen LogP) is 2.44. The standard InChI is InChI=1S/C18H23N3O4/c1-20-9-14-16(12(10-22-2)13(8-19)21-14)11-6-7-15(23-3)18(25-5)17(11)24-4/h6-7,20-21H,9-10H2,1-5H3. The number of rotatable bonds is 8. The van der Waals surface area contributed by atoms with Crippen LogP contribution in [0.5, 0.6) is 17.2 Å². The van der Waals surface area contributed by atoms with Gasteiger partial charge in [0, 0.05) is 36.0 Å². The van der Waals surface area contributed by atoms with Gasteiger partial charge < -0.3 is 29.2 Å². The molecule has 25 heavy (non-hydrogen) atoms. The Bertz CT molecular complexity index is 778. The van der Waals surface area contributed by atoms with Gasteiger partial charge in [0.2, 0.25) is 5.75 Å². The summed E-state index contributed by atoms with van der Waals surface area (Å²) in [5, 5.41) is 12.6. The molecule has 0 saturated heterocycles. The number of aromatic amines is 1. The van der Waals surface area contributed by atoms with Gasteiger partial charge in [-0.1, -0.05) is 0 Å². The molecule has 2 N–H and O–H groups in total. The summed E-state index contributed by atoms with van der Waals surface area (Å²) in [7, 11) is 8.16. The van der Waals surface area contributed by atoms with Crippen molar-refractivity contribution in [2.24, 2.45) is 0 Å². The van der Waals surface area contributed by atoms with Crippen LogP contribution in [0.4, 0.5) is 0 Å². The molecule has 0 bridgehead atoms. The van der Waals surface area contributed by atoms with Gasteiger partial charge >= 0.3 is 0 Å². The lowest BCUT2D eigenvalue weighted by molar-refractivity contribution is 0.185. The molecule has 7 nitrogen and oxygen atoms in total. The van der Waals surface area contributed by atoms with Gasteiger partial charge in [0.1, 0.15) is 11.8 Å². The largest absolute Gasteiger partial charge is 0.493 e. The van der Waals surface area contributed by atoms with Crippen LogP contribution in [-0.2, 0) is 17.9 Å². The first kappa shape index (κ1) is 18.6. The van der Waals surface area contributed by atoms with E-state index in [4.69, 9.17) is 18.9 Å². The maximum absolute atomic E-state index is 9.47. The average molecular weight is 345 g/mol. The van der Waals surface area contributed by atoms with Gasteiger partial charge in [-0.15, -0.1) is 0 Å². The highest BCUT2D eigenvalue weighted by Gasteiger charge is 2.24. The van der Waals surface area contributed by atoms with E-state index in [9.17, 15) is 5.26 Å². The van der Waals surface area contributed by atoms with Crippen molar-refractivity contribution in [3.05, 3.63) is 29.1 Å².